The third kappa shape index (κ3) is 3.83. The van der Waals surface area contributed by atoms with E-state index in [-0.39, 0.29) is 35.7 Å². The third-order valence-corrected chi connectivity index (χ3v) is 6.06. The molecule has 4 rings (SSSR count). The van der Waals surface area contributed by atoms with Crippen LogP contribution < -0.4 is 38.1 Å². The van der Waals surface area contributed by atoms with Crippen molar-refractivity contribution in [2.45, 2.75) is 13.5 Å². The van der Waals surface area contributed by atoms with Crippen LogP contribution in [0.1, 0.15) is 11.1 Å². The number of aromatic nitrogens is 1. The van der Waals surface area contributed by atoms with Gasteiger partial charge in [0.25, 0.3) is 11.2 Å². The number of nitro groups is 1. The van der Waals surface area contributed by atoms with Crippen LogP contribution in [0.3, 0.4) is 0 Å². The van der Waals surface area contributed by atoms with Crippen molar-refractivity contribution in [3.63, 3.8) is 0 Å². The van der Waals surface area contributed by atoms with Crippen LogP contribution in [0, 0.1) is 38.8 Å². The molecule has 2 aliphatic carbocycles. The van der Waals surface area contributed by atoms with Gasteiger partial charge in [-0.25, -0.2) is 0 Å². The maximum absolute atomic E-state index is 13.3. The van der Waals surface area contributed by atoms with Crippen molar-refractivity contribution in [3.8, 4) is 11.9 Å². The number of rotatable bonds is 7. The first-order chi connectivity index (χ1) is 18.0. The predicted molar refractivity (Wildman–Crippen MR) is 134 cm³/mol. The molecule has 0 bridgehead atoms. The highest BCUT2D eigenvalue weighted by Gasteiger charge is 2.24. The van der Waals surface area contributed by atoms with Crippen molar-refractivity contribution >= 4 is 27.8 Å². The number of nitrogens with zero attached hydrogens (tertiary/aromatic N) is 3. The molecular weight excluding hydrogens is 502 g/mol. The van der Waals surface area contributed by atoms with Crippen LogP contribution in [-0.4, -0.2) is 28.3 Å². The zero-order valence-corrected chi connectivity index (χ0v) is 19.8. The van der Waals surface area contributed by atoms with Crippen LogP contribution in [0.15, 0.2) is 48.2 Å². The Morgan fingerprint density at radius 1 is 1.03 bits per heavy atom. The summed E-state index contributed by atoms with van der Waals surface area (Å²) in [7, 11) is 1.37. The predicted octanol–water partition coefficient (Wildman–Crippen LogP) is -0.0780. The van der Waals surface area contributed by atoms with Gasteiger partial charge in [-0.15, -0.1) is 0 Å². The van der Waals surface area contributed by atoms with E-state index in [1.165, 1.54) is 14.0 Å². The summed E-state index contributed by atoms with van der Waals surface area (Å²) in [6, 6.07) is 5.43. The molecule has 0 amide bonds. The van der Waals surface area contributed by atoms with Gasteiger partial charge in [0.15, 0.2) is 10.9 Å². The molecule has 192 valence electrons. The van der Waals surface area contributed by atoms with Gasteiger partial charge in [-0.05, 0) is 25.1 Å². The van der Waals surface area contributed by atoms with E-state index < -0.39 is 65.0 Å². The second-order valence-corrected chi connectivity index (χ2v) is 8.12. The van der Waals surface area contributed by atoms with Crippen LogP contribution in [0.5, 0.6) is 5.88 Å². The van der Waals surface area contributed by atoms with Crippen LogP contribution in [0.25, 0.3) is 10.8 Å². The summed E-state index contributed by atoms with van der Waals surface area (Å²) in [6.07, 6.45) is 0. The molecule has 1 heterocycles. The van der Waals surface area contributed by atoms with Gasteiger partial charge >= 0.3 is 0 Å². The number of nitro benzene ring substituents is 1. The Morgan fingerprint density at radius 2 is 1.63 bits per heavy atom. The normalized spacial score (nSPS) is 11.0. The second-order valence-electron chi connectivity index (χ2n) is 8.12. The van der Waals surface area contributed by atoms with Crippen LogP contribution in [-0.2, 0) is 11.3 Å². The molecule has 3 N–H and O–H groups in total. The summed E-state index contributed by atoms with van der Waals surface area (Å²) in [5.74, 6) is -0.584. The van der Waals surface area contributed by atoms with Crippen molar-refractivity contribution < 1.29 is 14.8 Å². The Kier molecular flexibility index (Phi) is 6.46. The summed E-state index contributed by atoms with van der Waals surface area (Å²) in [5, 5.41) is 28.8. The van der Waals surface area contributed by atoms with Crippen molar-refractivity contribution in [1.82, 2.24) is 4.57 Å². The molecule has 38 heavy (non-hydrogen) atoms. The number of pyridine rings is 1. The smallest absolute Gasteiger partial charge is 0.281 e. The Hall–Kier alpha value is -5.42. The Labute approximate surface area is 210 Å². The largest absolute Gasteiger partial charge is 0.493 e. The first kappa shape index (κ1) is 25.7. The number of benzene rings is 1. The summed E-state index contributed by atoms with van der Waals surface area (Å²) >= 11 is 0. The highest BCUT2D eigenvalue weighted by Crippen LogP contribution is 2.28. The zero-order chi connectivity index (χ0) is 27.9. The number of non-ortho nitro benzene ring substituents is 1. The Morgan fingerprint density at radius 3 is 2.18 bits per heavy atom. The fourth-order valence-corrected chi connectivity index (χ4v) is 4.20. The number of anilines is 2. The monoisotopic (exact) mass is 519 g/mol. The molecule has 2 aromatic rings. The maximum Gasteiger partial charge on any atom is 0.281 e. The summed E-state index contributed by atoms with van der Waals surface area (Å²) in [5.41, 5.74) is -1.19. The molecule has 0 unspecified atom stereocenters. The molecule has 1 aromatic heterocycles. The van der Waals surface area contributed by atoms with Gasteiger partial charge in [0.2, 0.25) is 16.7 Å². The van der Waals surface area contributed by atoms with Crippen LogP contribution in [0.2, 0.25) is 0 Å². The number of hydrogen-bond acceptors (Lipinski definition) is 12. The lowest BCUT2D eigenvalue weighted by molar-refractivity contribution is -0.383. The zero-order valence-electron chi connectivity index (χ0n) is 19.8. The Bertz CT molecular complexity index is 2040. The van der Waals surface area contributed by atoms with Gasteiger partial charge in [-0.2, -0.15) is 5.26 Å². The first-order valence-electron chi connectivity index (χ1n) is 10.8. The van der Waals surface area contributed by atoms with Crippen LogP contribution in [0.4, 0.5) is 17.1 Å². The number of hydrazine groups is 1. The SMILES string of the molecule is COCCn1c(O)c(C#N)c(C)c(NNc2ccc([N+](=O)[O-])c3c(=O)c4c(=O)ccc(=O)c=4c(=O)c23)c1=O. The second kappa shape index (κ2) is 9.56. The van der Waals surface area contributed by atoms with E-state index in [0.717, 1.165) is 28.8 Å². The molecule has 0 fully saturated rings. The van der Waals surface area contributed by atoms with Gasteiger partial charge in [0, 0.05) is 18.7 Å². The summed E-state index contributed by atoms with van der Waals surface area (Å²) < 4.78 is 5.81. The van der Waals surface area contributed by atoms with Gasteiger partial charge in [0.05, 0.1) is 39.6 Å². The highest BCUT2D eigenvalue weighted by molar-refractivity contribution is 5.99. The van der Waals surface area contributed by atoms with Gasteiger partial charge < -0.3 is 9.84 Å². The minimum absolute atomic E-state index is 0.0272. The number of ether oxygens (including phenoxy) is 1. The summed E-state index contributed by atoms with van der Waals surface area (Å²) in [6.45, 7) is 1.30. The molecule has 14 heteroatoms. The molecule has 0 atom stereocenters. The van der Waals surface area contributed by atoms with E-state index in [1.54, 1.807) is 6.07 Å². The molecule has 0 saturated heterocycles. The number of nitriles is 1. The molecule has 1 aromatic carbocycles. The maximum atomic E-state index is 13.3. The fourth-order valence-electron chi connectivity index (χ4n) is 4.20. The molecule has 0 spiro atoms. The van der Waals surface area contributed by atoms with Crippen molar-refractivity contribution in [2.24, 2.45) is 0 Å². The van der Waals surface area contributed by atoms with Gasteiger partial charge in [-0.1, -0.05) is 0 Å². The van der Waals surface area contributed by atoms with E-state index in [2.05, 4.69) is 10.9 Å². The average Bonchev–Trinajstić information content (AvgIpc) is 2.88. The fraction of sp³-hybridized carbons (Fsp3) is 0.167. The molecule has 2 aliphatic rings. The quantitative estimate of drug-likeness (QED) is 0.216. The number of aromatic hydroxyl groups is 1. The third-order valence-electron chi connectivity index (χ3n) is 6.06. The summed E-state index contributed by atoms with van der Waals surface area (Å²) in [4.78, 5) is 75.1. The number of hydrogen-bond donors (Lipinski definition) is 3. The number of methoxy groups -OCH3 is 1. The number of nitrogens with one attached hydrogen (secondary N) is 2. The lowest BCUT2D eigenvalue weighted by atomic mass is 10.0. The first-order valence-corrected chi connectivity index (χ1v) is 10.8. The molecule has 0 radical (unpaired) electrons. The van der Waals surface area contributed by atoms with Gasteiger partial charge in [-0.3, -0.25) is 49.5 Å². The van der Waals surface area contributed by atoms with E-state index in [1.807, 2.05) is 0 Å². The standard InChI is InChI=1S/C24H17N5O9/c1-10-11(9-25)23(34)28(7-8-38-2)24(35)20(10)27-26-12-3-4-13(29(36)37)17-16(12)21(32)18-14(30)5-6-15(31)19(18)22(17)33/h3-6,26-27,34H,7-8H2,1-2H3. The van der Waals surface area contributed by atoms with Gasteiger partial charge in [0.1, 0.15) is 22.7 Å². The van der Waals surface area contributed by atoms with E-state index >= 15 is 0 Å². The van der Waals surface area contributed by atoms with E-state index in [9.17, 15) is 44.5 Å². The molecule has 14 nitrogen and oxygen atoms in total. The minimum Gasteiger partial charge on any atom is -0.493 e. The minimum atomic E-state index is -1.16. The van der Waals surface area contributed by atoms with Crippen molar-refractivity contribution in [2.75, 3.05) is 24.6 Å². The lowest BCUT2D eigenvalue weighted by Gasteiger charge is -2.17. The van der Waals surface area contributed by atoms with Crippen molar-refractivity contribution in [3.05, 3.63) is 107 Å². The van der Waals surface area contributed by atoms with E-state index in [0.29, 0.717) is 0 Å². The average molecular weight is 519 g/mol. The molecule has 0 saturated carbocycles. The topological polar surface area (TPSA) is 211 Å². The molecular formula is C24H17N5O9. The number of fused-ring (bicyclic) bond motifs is 1. The molecule has 0 aliphatic heterocycles. The van der Waals surface area contributed by atoms with Crippen LogP contribution >= 0.6 is 0 Å². The lowest BCUT2D eigenvalue weighted by Crippen LogP contribution is -2.30. The van der Waals surface area contributed by atoms with E-state index in [4.69, 9.17) is 4.74 Å². The van der Waals surface area contributed by atoms with Crippen molar-refractivity contribution in [1.29, 1.82) is 5.26 Å². The highest BCUT2D eigenvalue weighted by atomic mass is 16.6. The Balaban J connectivity index is 2.01.